The summed E-state index contributed by atoms with van der Waals surface area (Å²) in [6, 6.07) is 34.8. The van der Waals surface area contributed by atoms with Crippen LogP contribution >= 0.6 is 0 Å². The van der Waals surface area contributed by atoms with E-state index in [-0.39, 0.29) is 6.71 Å². The fourth-order valence-electron chi connectivity index (χ4n) is 5.46. The van der Waals surface area contributed by atoms with Crippen molar-refractivity contribution in [3.05, 3.63) is 146 Å². The van der Waals surface area contributed by atoms with Crippen LogP contribution in [-0.4, -0.2) is 6.71 Å². The molecule has 0 bridgehead atoms. The molecule has 2 nitrogen and oxygen atoms in total. The first kappa shape index (κ1) is 21.1. The normalized spacial score (nSPS) is 13.8. The minimum atomic E-state index is 0.151. The molecule has 0 unspecified atom stereocenters. The number of hydrogen-bond acceptors (Lipinski definition) is 2. The average Bonchev–Trinajstić information content (AvgIpc) is 2.91. The molecule has 0 atom stereocenters. The Bertz CT molecular complexity index is 1500. The van der Waals surface area contributed by atoms with Crippen molar-refractivity contribution in [2.75, 3.05) is 9.80 Å². The van der Waals surface area contributed by atoms with E-state index < -0.39 is 0 Å². The van der Waals surface area contributed by atoms with Crippen molar-refractivity contribution in [1.29, 1.82) is 0 Å². The van der Waals surface area contributed by atoms with Crippen molar-refractivity contribution in [2.45, 2.75) is 0 Å². The van der Waals surface area contributed by atoms with Gasteiger partial charge in [0, 0.05) is 34.1 Å². The summed E-state index contributed by atoms with van der Waals surface area (Å²) in [5.74, 6) is 0. The molecule has 2 aliphatic rings. The fourth-order valence-corrected chi connectivity index (χ4v) is 5.46. The predicted octanol–water partition coefficient (Wildman–Crippen LogP) is 6.25. The smallest absolute Gasteiger partial charge is 0.252 e. The number of hydrogen-bond donors (Lipinski definition) is 0. The van der Waals surface area contributed by atoms with Crippen molar-refractivity contribution in [1.82, 2.24) is 0 Å². The summed E-state index contributed by atoms with van der Waals surface area (Å²) >= 11 is 0. The van der Waals surface area contributed by atoms with E-state index in [0.29, 0.717) is 0 Å². The van der Waals surface area contributed by atoms with Gasteiger partial charge in [0.1, 0.15) is 0 Å². The van der Waals surface area contributed by atoms with Gasteiger partial charge in [-0.15, -0.1) is 0 Å². The molecule has 35 heavy (non-hydrogen) atoms. The van der Waals surface area contributed by atoms with Gasteiger partial charge in [-0.2, -0.15) is 0 Å². The van der Waals surface area contributed by atoms with Gasteiger partial charge in [-0.1, -0.05) is 92.0 Å². The van der Waals surface area contributed by atoms with Crippen LogP contribution in [0.5, 0.6) is 0 Å². The highest BCUT2D eigenvalue weighted by Gasteiger charge is 2.42. The maximum absolute atomic E-state index is 3.99. The molecule has 0 aliphatic carbocycles. The van der Waals surface area contributed by atoms with E-state index >= 15 is 0 Å². The lowest BCUT2D eigenvalue weighted by Crippen LogP contribution is -2.61. The standard InChI is InChI=1S/C32H25BN2/c1-3-5-15-24(14-4-2)34-28-20-11-9-18-26(28)33-27-19-10-12-21-29(27)35(25-16-7-6-8-17-25)31-23-13-22-30(34)32(31)33/h3-23H,1-2H2/b15-5-,24-14+. The number of nitrogens with zero attached hydrogens (tertiary/aromatic N) is 2. The minimum absolute atomic E-state index is 0.151. The molecule has 166 valence electrons. The van der Waals surface area contributed by atoms with Crippen LogP contribution in [0.3, 0.4) is 0 Å². The zero-order valence-corrected chi connectivity index (χ0v) is 19.5. The molecular formula is C32H25BN2. The third-order valence-corrected chi connectivity index (χ3v) is 6.77. The van der Waals surface area contributed by atoms with Crippen molar-refractivity contribution < 1.29 is 0 Å². The second kappa shape index (κ2) is 8.70. The number of benzene rings is 4. The zero-order valence-electron chi connectivity index (χ0n) is 19.5. The molecule has 0 saturated carbocycles. The van der Waals surface area contributed by atoms with E-state index in [0.717, 1.165) is 11.4 Å². The minimum Gasteiger partial charge on any atom is -0.311 e. The SMILES string of the molecule is C=C/C=C\C(=C/C=C)N1c2ccccc2B2c3ccccc3N(c3ccccc3)c3cccc1c32. The molecule has 2 aliphatic heterocycles. The quantitative estimate of drug-likeness (QED) is 0.232. The number of para-hydroxylation sites is 3. The molecule has 0 saturated heterocycles. The van der Waals surface area contributed by atoms with Crippen molar-refractivity contribution in [3.63, 3.8) is 0 Å². The van der Waals surface area contributed by atoms with E-state index in [4.69, 9.17) is 0 Å². The monoisotopic (exact) mass is 448 g/mol. The maximum Gasteiger partial charge on any atom is 0.252 e. The van der Waals surface area contributed by atoms with Crippen LogP contribution in [0.15, 0.2) is 146 Å². The zero-order chi connectivity index (χ0) is 23.8. The molecule has 3 heteroatoms. The molecule has 0 aromatic heterocycles. The van der Waals surface area contributed by atoms with Crippen molar-refractivity contribution in [2.24, 2.45) is 0 Å². The summed E-state index contributed by atoms with van der Waals surface area (Å²) < 4.78 is 0. The van der Waals surface area contributed by atoms with Crippen LogP contribution in [0.2, 0.25) is 0 Å². The van der Waals surface area contributed by atoms with Crippen molar-refractivity contribution >= 4 is 51.5 Å². The second-order valence-electron chi connectivity index (χ2n) is 8.69. The van der Waals surface area contributed by atoms with Gasteiger partial charge in [-0.3, -0.25) is 0 Å². The summed E-state index contributed by atoms with van der Waals surface area (Å²) in [5.41, 5.74) is 10.9. The maximum atomic E-state index is 3.99. The first-order valence-corrected chi connectivity index (χ1v) is 11.9. The molecule has 2 heterocycles. The van der Waals surface area contributed by atoms with Gasteiger partial charge in [-0.25, -0.2) is 0 Å². The lowest BCUT2D eigenvalue weighted by Gasteiger charge is -2.44. The van der Waals surface area contributed by atoms with Crippen LogP contribution in [0.1, 0.15) is 0 Å². The Morgan fingerprint density at radius 3 is 2.00 bits per heavy atom. The highest BCUT2D eigenvalue weighted by molar-refractivity contribution is 7.00. The highest BCUT2D eigenvalue weighted by atomic mass is 15.2. The van der Waals surface area contributed by atoms with Gasteiger partial charge in [-0.05, 0) is 64.9 Å². The number of rotatable bonds is 5. The highest BCUT2D eigenvalue weighted by Crippen LogP contribution is 2.42. The molecule has 6 rings (SSSR count). The molecule has 0 N–H and O–H groups in total. The summed E-state index contributed by atoms with van der Waals surface area (Å²) in [7, 11) is 0. The molecule has 0 spiro atoms. The molecule has 4 aromatic rings. The van der Waals surface area contributed by atoms with Gasteiger partial charge in [0.25, 0.3) is 6.71 Å². The number of anilines is 5. The van der Waals surface area contributed by atoms with E-state index in [2.05, 4.69) is 132 Å². The van der Waals surface area contributed by atoms with Gasteiger partial charge in [0.15, 0.2) is 0 Å². The topological polar surface area (TPSA) is 6.48 Å². The van der Waals surface area contributed by atoms with Crippen LogP contribution in [-0.2, 0) is 0 Å². The molecule has 0 amide bonds. The lowest BCUT2D eigenvalue weighted by atomic mass is 9.33. The summed E-state index contributed by atoms with van der Waals surface area (Å²) in [5, 5.41) is 0. The molecule has 0 radical (unpaired) electrons. The summed E-state index contributed by atoms with van der Waals surface area (Å²) in [6.07, 6.45) is 9.78. The van der Waals surface area contributed by atoms with E-state index in [1.807, 2.05) is 18.2 Å². The molecule has 4 aromatic carbocycles. The van der Waals surface area contributed by atoms with Gasteiger partial charge in [0.2, 0.25) is 0 Å². The number of allylic oxidation sites excluding steroid dienone is 5. The van der Waals surface area contributed by atoms with Crippen LogP contribution in [0.25, 0.3) is 0 Å². The largest absolute Gasteiger partial charge is 0.311 e. The van der Waals surface area contributed by atoms with E-state index in [9.17, 15) is 0 Å². The Balaban J connectivity index is 1.69. The first-order valence-electron chi connectivity index (χ1n) is 11.9. The van der Waals surface area contributed by atoms with Gasteiger partial charge in [0.05, 0.1) is 0 Å². The van der Waals surface area contributed by atoms with Crippen molar-refractivity contribution in [3.8, 4) is 0 Å². The van der Waals surface area contributed by atoms with Gasteiger partial charge < -0.3 is 9.80 Å². The van der Waals surface area contributed by atoms with E-state index in [1.54, 1.807) is 0 Å². The second-order valence-corrected chi connectivity index (χ2v) is 8.69. The van der Waals surface area contributed by atoms with Crippen LogP contribution in [0, 0.1) is 0 Å². The third-order valence-electron chi connectivity index (χ3n) is 6.77. The predicted molar refractivity (Wildman–Crippen MR) is 152 cm³/mol. The van der Waals surface area contributed by atoms with Crippen LogP contribution < -0.4 is 26.2 Å². The Kier molecular flexibility index (Phi) is 5.23. The molecule has 0 fully saturated rings. The first-order chi connectivity index (χ1) is 17.3. The van der Waals surface area contributed by atoms with E-state index in [1.165, 1.54) is 39.1 Å². The Labute approximate surface area is 207 Å². The third kappa shape index (κ3) is 3.28. The Morgan fingerprint density at radius 1 is 0.629 bits per heavy atom. The fraction of sp³-hybridized carbons (Fsp3) is 0. The average molecular weight is 448 g/mol. The summed E-state index contributed by atoms with van der Waals surface area (Å²) in [6.45, 7) is 8.02. The lowest BCUT2D eigenvalue weighted by molar-refractivity contribution is 1.20. The molecular weight excluding hydrogens is 423 g/mol. The van der Waals surface area contributed by atoms with Gasteiger partial charge >= 0.3 is 0 Å². The van der Waals surface area contributed by atoms with Crippen LogP contribution in [0.4, 0.5) is 28.4 Å². The summed E-state index contributed by atoms with van der Waals surface area (Å²) in [4.78, 5) is 4.75. The number of fused-ring (bicyclic) bond motifs is 4. The Morgan fingerprint density at radius 2 is 1.26 bits per heavy atom. The Hall–Kier alpha value is -4.50.